The molecule has 9 heteroatoms. The highest BCUT2D eigenvalue weighted by atomic mass is 35.5. The molecule has 3 aromatic rings. The predicted octanol–water partition coefficient (Wildman–Crippen LogP) is 6.16. The molecule has 4 nitrogen and oxygen atoms in total. The lowest BCUT2D eigenvalue weighted by Gasteiger charge is -2.10. The zero-order valence-corrected chi connectivity index (χ0v) is 15.8. The minimum absolute atomic E-state index is 0.225. The first-order valence-electron chi connectivity index (χ1n) is 6.57. The highest BCUT2D eigenvalue weighted by Crippen LogP contribution is 2.34. The number of amides is 1. The van der Waals surface area contributed by atoms with Gasteiger partial charge in [-0.3, -0.25) is 9.20 Å². The van der Waals surface area contributed by atoms with Crippen LogP contribution in [0.5, 0.6) is 0 Å². The topological polar surface area (TPSA) is 46.4 Å². The van der Waals surface area contributed by atoms with Gasteiger partial charge in [0, 0.05) is 11.2 Å². The van der Waals surface area contributed by atoms with Crippen molar-refractivity contribution in [2.75, 3.05) is 5.32 Å². The number of imidazole rings is 1. The fraction of sp³-hybridized carbons (Fsp3) is 0.0667. The number of carbonyl (C=O) groups is 1. The van der Waals surface area contributed by atoms with Gasteiger partial charge in [0.1, 0.15) is 5.69 Å². The zero-order chi connectivity index (χ0) is 17.6. The average molecular weight is 424 g/mol. The van der Waals surface area contributed by atoms with Gasteiger partial charge in [0.2, 0.25) is 0 Å². The molecule has 0 aliphatic heterocycles. The summed E-state index contributed by atoms with van der Waals surface area (Å²) in [7, 11) is 0. The Morgan fingerprint density at radius 2 is 1.58 bits per heavy atom. The highest BCUT2D eigenvalue weighted by molar-refractivity contribution is 6.42. The van der Waals surface area contributed by atoms with Crippen molar-refractivity contribution in [1.29, 1.82) is 0 Å². The average Bonchev–Trinajstić information content (AvgIpc) is 2.79. The summed E-state index contributed by atoms with van der Waals surface area (Å²) in [5.41, 5.74) is 1.45. The Morgan fingerprint density at radius 1 is 1.00 bits per heavy atom. The van der Waals surface area contributed by atoms with Gasteiger partial charge in [0.15, 0.2) is 5.65 Å². The van der Waals surface area contributed by atoms with E-state index in [1.807, 2.05) is 0 Å². The van der Waals surface area contributed by atoms with Crippen molar-refractivity contribution >= 4 is 75.2 Å². The van der Waals surface area contributed by atoms with Crippen LogP contribution in [0.25, 0.3) is 5.65 Å². The Kier molecular flexibility index (Phi) is 4.87. The number of nitrogens with one attached hydrogen (secondary N) is 1. The Labute approximate surface area is 162 Å². The van der Waals surface area contributed by atoms with Crippen LogP contribution in [-0.4, -0.2) is 15.3 Å². The SMILES string of the molecule is Cc1nc2c(Cl)cc(Cl)cn2c1C(=O)Nc1c(Cl)cc(Cl)cc1Cl. The van der Waals surface area contributed by atoms with Gasteiger partial charge in [-0.25, -0.2) is 4.98 Å². The number of hydrogen-bond acceptors (Lipinski definition) is 2. The van der Waals surface area contributed by atoms with Crippen LogP contribution in [0.15, 0.2) is 24.4 Å². The first-order chi connectivity index (χ1) is 11.3. The van der Waals surface area contributed by atoms with E-state index in [1.54, 1.807) is 19.2 Å². The van der Waals surface area contributed by atoms with Crippen LogP contribution < -0.4 is 5.32 Å². The van der Waals surface area contributed by atoms with E-state index in [0.717, 1.165) is 0 Å². The van der Waals surface area contributed by atoms with Crippen LogP contribution in [0.1, 0.15) is 16.2 Å². The molecule has 24 heavy (non-hydrogen) atoms. The maximum atomic E-state index is 12.7. The van der Waals surface area contributed by atoms with E-state index in [4.69, 9.17) is 58.0 Å². The fourth-order valence-corrected chi connectivity index (χ4v) is 3.72. The Morgan fingerprint density at radius 3 is 2.21 bits per heavy atom. The third-order valence-corrected chi connectivity index (χ3v) is 4.58. The molecule has 2 aromatic heterocycles. The third kappa shape index (κ3) is 3.17. The normalized spacial score (nSPS) is 11.1. The quantitative estimate of drug-likeness (QED) is 0.536. The van der Waals surface area contributed by atoms with Crippen molar-refractivity contribution < 1.29 is 4.79 Å². The molecule has 2 heterocycles. The second kappa shape index (κ2) is 6.62. The first kappa shape index (κ1) is 17.6. The van der Waals surface area contributed by atoms with Crippen molar-refractivity contribution in [3.63, 3.8) is 0 Å². The van der Waals surface area contributed by atoms with Crippen LogP contribution in [0.3, 0.4) is 0 Å². The molecule has 3 rings (SSSR count). The lowest BCUT2D eigenvalue weighted by atomic mass is 10.2. The zero-order valence-electron chi connectivity index (χ0n) is 12.0. The van der Waals surface area contributed by atoms with Gasteiger partial charge in [0.05, 0.1) is 31.5 Å². The number of rotatable bonds is 2. The molecule has 0 aliphatic carbocycles. The van der Waals surface area contributed by atoms with Crippen LogP contribution in [0, 0.1) is 6.92 Å². The van der Waals surface area contributed by atoms with Crippen LogP contribution >= 0.6 is 58.0 Å². The van der Waals surface area contributed by atoms with Crippen molar-refractivity contribution in [3.05, 3.63) is 60.9 Å². The minimum atomic E-state index is -0.454. The molecule has 0 saturated carbocycles. The molecule has 124 valence electrons. The van der Waals surface area contributed by atoms with Gasteiger partial charge >= 0.3 is 0 Å². The Bertz CT molecular complexity index is 960. The maximum absolute atomic E-state index is 12.7. The Balaban J connectivity index is 2.09. The van der Waals surface area contributed by atoms with Gasteiger partial charge < -0.3 is 5.32 Å². The maximum Gasteiger partial charge on any atom is 0.274 e. The molecule has 0 fully saturated rings. The van der Waals surface area contributed by atoms with Crippen molar-refractivity contribution in [3.8, 4) is 0 Å². The number of nitrogens with zero attached hydrogens (tertiary/aromatic N) is 2. The summed E-state index contributed by atoms with van der Waals surface area (Å²) in [4.78, 5) is 17.0. The lowest BCUT2D eigenvalue weighted by molar-refractivity contribution is 0.102. The smallest absolute Gasteiger partial charge is 0.274 e. The van der Waals surface area contributed by atoms with Gasteiger partial charge in [-0.05, 0) is 25.1 Å². The predicted molar refractivity (Wildman–Crippen MR) is 99.4 cm³/mol. The number of pyridine rings is 1. The molecule has 0 radical (unpaired) electrons. The number of carbonyl (C=O) groups excluding carboxylic acids is 1. The van der Waals surface area contributed by atoms with E-state index < -0.39 is 5.91 Å². The molecule has 0 spiro atoms. The number of aryl methyl sites for hydroxylation is 1. The van der Waals surface area contributed by atoms with Crippen LogP contribution in [0.2, 0.25) is 25.1 Å². The van der Waals surface area contributed by atoms with E-state index >= 15 is 0 Å². The molecule has 0 unspecified atom stereocenters. The summed E-state index contributed by atoms with van der Waals surface area (Å²) in [6.45, 7) is 1.69. The van der Waals surface area contributed by atoms with Crippen molar-refractivity contribution in [2.24, 2.45) is 0 Å². The molecular formula is C15H8Cl5N3O. The summed E-state index contributed by atoms with van der Waals surface area (Å²) < 4.78 is 1.52. The number of anilines is 1. The largest absolute Gasteiger partial charge is 0.318 e. The second-order valence-corrected chi connectivity index (χ2v) is 7.04. The van der Waals surface area contributed by atoms with E-state index in [2.05, 4.69) is 10.3 Å². The number of hydrogen-bond donors (Lipinski definition) is 1. The van der Waals surface area contributed by atoms with Crippen molar-refractivity contribution in [2.45, 2.75) is 6.92 Å². The summed E-state index contributed by atoms with van der Waals surface area (Å²) in [5, 5.41) is 4.21. The molecule has 0 bridgehead atoms. The molecule has 0 atom stereocenters. The van der Waals surface area contributed by atoms with E-state index in [0.29, 0.717) is 26.4 Å². The number of fused-ring (bicyclic) bond motifs is 1. The van der Waals surface area contributed by atoms with Gasteiger partial charge in [-0.2, -0.15) is 0 Å². The summed E-state index contributed by atoms with van der Waals surface area (Å²) >= 11 is 30.2. The number of aromatic nitrogens is 2. The molecule has 0 aliphatic rings. The van der Waals surface area contributed by atoms with Gasteiger partial charge in [0.25, 0.3) is 5.91 Å². The molecule has 0 saturated heterocycles. The number of halogens is 5. The third-order valence-electron chi connectivity index (χ3n) is 3.28. The standard InChI is InChI=1S/C15H8Cl5N3O/c1-6-13(23-5-8(17)4-11(20)14(23)21-6)15(24)22-12-9(18)2-7(16)3-10(12)19/h2-5H,1H3,(H,22,24). The van der Waals surface area contributed by atoms with Gasteiger partial charge in [-0.15, -0.1) is 0 Å². The van der Waals surface area contributed by atoms with E-state index in [1.165, 1.54) is 16.5 Å². The summed E-state index contributed by atoms with van der Waals surface area (Å²) in [6.07, 6.45) is 1.56. The monoisotopic (exact) mass is 421 g/mol. The van der Waals surface area contributed by atoms with Crippen LogP contribution in [-0.2, 0) is 0 Å². The van der Waals surface area contributed by atoms with Gasteiger partial charge in [-0.1, -0.05) is 58.0 Å². The fourth-order valence-electron chi connectivity index (χ4n) is 2.29. The second-order valence-electron chi connectivity index (χ2n) is 4.94. The molecule has 1 aromatic carbocycles. The first-order valence-corrected chi connectivity index (χ1v) is 8.46. The number of benzene rings is 1. The van der Waals surface area contributed by atoms with E-state index in [-0.39, 0.29) is 21.4 Å². The lowest BCUT2D eigenvalue weighted by Crippen LogP contribution is -2.16. The summed E-state index contributed by atoms with van der Waals surface area (Å²) in [5.74, 6) is -0.454. The van der Waals surface area contributed by atoms with Crippen molar-refractivity contribution in [1.82, 2.24) is 9.38 Å². The van der Waals surface area contributed by atoms with Crippen LogP contribution in [0.4, 0.5) is 5.69 Å². The summed E-state index contributed by atoms with van der Waals surface area (Å²) in [6, 6.07) is 4.53. The molecule has 1 N–H and O–H groups in total. The highest BCUT2D eigenvalue weighted by Gasteiger charge is 2.20. The molecule has 1 amide bonds. The van der Waals surface area contributed by atoms with E-state index in [9.17, 15) is 4.79 Å². The minimum Gasteiger partial charge on any atom is -0.318 e. The Hall–Kier alpha value is -1.17. The molecular weight excluding hydrogens is 415 g/mol.